The lowest BCUT2D eigenvalue weighted by atomic mass is 9.56. The maximum Gasteiger partial charge on any atom is 0.183 e. The molecular formula is C42H48O. The first-order valence-electron chi connectivity index (χ1n) is 16.0. The Kier molecular flexibility index (Phi) is 6.22. The molecule has 43 heavy (non-hydrogen) atoms. The summed E-state index contributed by atoms with van der Waals surface area (Å²) in [6.45, 7) is 36.2. The summed E-state index contributed by atoms with van der Waals surface area (Å²) >= 11 is 0. The van der Waals surface area contributed by atoms with E-state index in [-0.39, 0.29) is 5.78 Å². The van der Waals surface area contributed by atoms with E-state index in [0.717, 1.165) is 11.1 Å². The normalized spacial score (nSPS) is 14.3. The molecule has 4 aromatic carbocycles. The Morgan fingerprint density at radius 2 is 0.465 bits per heavy atom. The number of rotatable bonds is 0. The Morgan fingerprint density at radius 1 is 0.256 bits per heavy atom. The lowest BCUT2D eigenvalue weighted by molar-refractivity contribution is 0.0933. The number of Topliss-reactive ketones (excluding diaryl/α,β-unsaturated/α-hetero) is 1. The van der Waals surface area contributed by atoms with Gasteiger partial charge in [-0.3, -0.25) is 4.79 Å². The van der Waals surface area contributed by atoms with Crippen LogP contribution in [0, 0.1) is 111 Å². The molecule has 0 fully saturated rings. The van der Waals surface area contributed by atoms with Gasteiger partial charge in [-0.05, 0) is 239 Å². The zero-order valence-corrected chi connectivity index (χ0v) is 29.4. The second-order valence-corrected chi connectivity index (χ2v) is 14.1. The molecular weight excluding hydrogens is 520 g/mol. The molecule has 0 bridgehead atoms. The fraction of sp³-hybridized carbons (Fsp3) is 0.405. The van der Waals surface area contributed by atoms with Gasteiger partial charge in [0.25, 0.3) is 0 Å². The number of fused-ring (bicyclic) bond motifs is 9. The van der Waals surface area contributed by atoms with Crippen LogP contribution in [-0.4, -0.2) is 5.78 Å². The average molecular weight is 569 g/mol. The molecule has 0 radical (unpaired) electrons. The molecule has 1 spiro atoms. The molecule has 1 heteroatoms. The Morgan fingerprint density at radius 3 is 0.767 bits per heavy atom. The van der Waals surface area contributed by atoms with Crippen molar-refractivity contribution in [2.75, 3.05) is 0 Å². The minimum absolute atomic E-state index is 0.265. The predicted octanol–water partition coefficient (Wildman–Crippen LogP) is 10.8. The van der Waals surface area contributed by atoms with Gasteiger partial charge in [0.1, 0.15) is 5.41 Å². The zero-order chi connectivity index (χ0) is 31.9. The smallest absolute Gasteiger partial charge is 0.183 e. The van der Waals surface area contributed by atoms with Crippen LogP contribution in [0.15, 0.2) is 0 Å². The Balaban J connectivity index is 2.06. The first-order chi connectivity index (χ1) is 20.0. The second kappa shape index (κ2) is 9.04. The van der Waals surface area contributed by atoms with Crippen molar-refractivity contribution in [2.24, 2.45) is 0 Å². The van der Waals surface area contributed by atoms with Crippen LogP contribution in [0.2, 0.25) is 0 Å². The summed E-state index contributed by atoms with van der Waals surface area (Å²) in [5.74, 6) is 0.265. The van der Waals surface area contributed by atoms with E-state index in [1.165, 1.54) is 122 Å². The largest absolute Gasteiger partial charge is 0.292 e. The van der Waals surface area contributed by atoms with E-state index in [1.54, 1.807) is 0 Å². The highest BCUT2D eigenvalue weighted by Gasteiger charge is 2.58. The van der Waals surface area contributed by atoms with Gasteiger partial charge in [-0.25, -0.2) is 0 Å². The van der Waals surface area contributed by atoms with Crippen LogP contribution < -0.4 is 0 Å². The molecule has 0 atom stereocenters. The number of carbonyl (C=O) groups is 1. The van der Waals surface area contributed by atoms with E-state index >= 15 is 4.79 Å². The Labute approximate surface area is 259 Å². The van der Waals surface area contributed by atoms with Crippen LogP contribution in [0.1, 0.15) is 116 Å². The van der Waals surface area contributed by atoms with E-state index < -0.39 is 5.41 Å². The second-order valence-electron chi connectivity index (χ2n) is 14.1. The Hall–Kier alpha value is -3.45. The van der Waals surface area contributed by atoms with Crippen LogP contribution in [-0.2, 0) is 5.41 Å². The summed E-state index contributed by atoms with van der Waals surface area (Å²) in [7, 11) is 0. The van der Waals surface area contributed by atoms with E-state index in [0.29, 0.717) is 0 Å². The molecule has 6 rings (SSSR count). The van der Waals surface area contributed by atoms with Gasteiger partial charge in [0.05, 0.1) is 0 Å². The monoisotopic (exact) mass is 568 g/mol. The predicted molar refractivity (Wildman–Crippen MR) is 184 cm³/mol. The van der Waals surface area contributed by atoms with Gasteiger partial charge >= 0.3 is 0 Å². The summed E-state index contributed by atoms with van der Waals surface area (Å²) in [5.41, 5.74) is 29.3. The SMILES string of the molecule is Cc1c(C)c(C)c2c(c1C)C(=O)C1(c3c(C)c(C)c(C)c(C)c3-2)c2c(C)c(C)c(C)c(C)c2-c2c(C)c(C)c(C)c(C)c21. The van der Waals surface area contributed by atoms with Crippen molar-refractivity contribution < 1.29 is 4.79 Å². The number of benzene rings is 4. The van der Waals surface area contributed by atoms with Gasteiger partial charge in [0.15, 0.2) is 5.78 Å². The Bertz CT molecular complexity index is 1960. The molecule has 0 aromatic heterocycles. The van der Waals surface area contributed by atoms with Crippen molar-refractivity contribution in [1.82, 2.24) is 0 Å². The average Bonchev–Trinajstić information content (AvgIpc) is 3.29. The first-order valence-corrected chi connectivity index (χ1v) is 16.0. The highest BCUT2D eigenvalue weighted by atomic mass is 16.1. The molecule has 0 heterocycles. The number of hydrogen-bond acceptors (Lipinski definition) is 1. The zero-order valence-electron chi connectivity index (χ0n) is 29.4. The molecule has 0 aliphatic heterocycles. The highest BCUT2D eigenvalue weighted by Crippen LogP contribution is 2.65. The minimum Gasteiger partial charge on any atom is -0.292 e. The van der Waals surface area contributed by atoms with Gasteiger partial charge < -0.3 is 0 Å². The summed E-state index contributed by atoms with van der Waals surface area (Å²) < 4.78 is 0. The molecule has 4 aromatic rings. The van der Waals surface area contributed by atoms with Crippen LogP contribution in [0.5, 0.6) is 0 Å². The quantitative estimate of drug-likeness (QED) is 0.206. The van der Waals surface area contributed by atoms with Crippen LogP contribution in [0.25, 0.3) is 22.3 Å². The van der Waals surface area contributed by atoms with E-state index in [4.69, 9.17) is 0 Å². The summed E-state index contributed by atoms with van der Waals surface area (Å²) in [5, 5.41) is 0. The van der Waals surface area contributed by atoms with Crippen molar-refractivity contribution in [3.8, 4) is 22.3 Å². The van der Waals surface area contributed by atoms with Crippen LogP contribution in [0.4, 0.5) is 0 Å². The molecule has 0 amide bonds. The third kappa shape index (κ3) is 3.12. The van der Waals surface area contributed by atoms with Crippen LogP contribution in [0.3, 0.4) is 0 Å². The van der Waals surface area contributed by atoms with Crippen molar-refractivity contribution in [2.45, 2.75) is 116 Å². The van der Waals surface area contributed by atoms with Crippen LogP contribution >= 0.6 is 0 Å². The van der Waals surface area contributed by atoms with E-state index in [2.05, 4.69) is 111 Å². The van der Waals surface area contributed by atoms with Gasteiger partial charge in [0, 0.05) is 5.56 Å². The highest BCUT2D eigenvalue weighted by molar-refractivity contribution is 6.22. The molecule has 0 N–H and O–H groups in total. The molecule has 2 aliphatic carbocycles. The summed E-state index contributed by atoms with van der Waals surface area (Å²) in [4.78, 5) is 16.1. The van der Waals surface area contributed by atoms with Gasteiger partial charge in [-0.1, -0.05) is 0 Å². The number of hydrogen-bond donors (Lipinski definition) is 0. The van der Waals surface area contributed by atoms with E-state index in [1.807, 2.05) is 0 Å². The van der Waals surface area contributed by atoms with Gasteiger partial charge in [0.2, 0.25) is 0 Å². The molecule has 1 nitrogen and oxygen atoms in total. The topological polar surface area (TPSA) is 17.1 Å². The molecule has 0 saturated carbocycles. The molecule has 0 saturated heterocycles. The van der Waals surface area contributed by atoms with Gasteiger partial charge in [-0.15, -0.1) is 0 Å². The number of carbonyl (C=O) groups excluding carboxylic acids is 1. The lowest BCUT2D eigenvalue weighted by Gasteiger charge is -2.43. The summed E-state index contributed by atoms with van der Waals surface area (Å²) in [6, 6.07) is 0. The van der Waals surface area contributed by atoms with Crippen molar-refractivity contribution in [3.05, 3.63) is 111 Å². The van der Waals surface area contributed by atoms with Crippen molar-refractivity contribution in [1.29, 1.82) is 0 Å². The number of ketones is 1. The van der Waals surface area contributed by atoms with Gasteiger partial charge in [-0.2, -0.15) is 0 Å². The minimum atomic E-state index is -0.903. The fourth-order valence-electron chi connectivity index (χ4n) is 9.09. The third-order valence-electron chi connectivity index (χ3n) is 12.9. The maximum absolute atomic E-state index is 16.1. The first kappa shape index (κ1) is 29.6. The molecule has 0 unspecified atom stereocenters. The lowest BCUT2D eigenvalue weighted by Crippen LogP contribution is -2.43. The third-order valence-corrected chi connectivity index (χ3v) is 12.9. The summed E-state index contributed by atoms with van der Waals surface area (Å²) in [6.07, 6.45) is 0. The molecule has 2 aliphatic rings. The molecule has 222 valence electrons. The maximum atomic E-state index is 16.1. The fourth-order valence-corrected chi connectivity index (χ4v) is 9.09. The van der Waals surface area contributed by atoms with Crippen molar-refractivity contribution >= 4 is 5.78 Å². The van der Waals surface area contributed by atoms with E-state index in [9.17, 15) is 0 Å². The standard InChI is InChI=1S/C42H48O/c1-17-18(2)29(13)37-33(25(17)9)34-26(10)19(3)22(6)30(14)38(34)42(41(37)43)39-31(15)23(7)20(4)27(11)35(39)36-28(12)21(5)24(8)32(16)40(36)42/h1-16H3. The van der Waals surface area contributed by atoms with Crippen molar-refractivity contribution in [3.63, 3.8) is 0 Å².